The average molecular weight is 242 g/mol. The molecule has 0 unspecified atom stereocenters. The van der Waals surface area contributed by atoms with Crippen LogP contribution in [-0.4, -0.2) is 10.2 Å². The fraction of sp³-hybridized carbons (Fsp3) is 0.0714. The first kappa shape index (κ1) is 10.8. The normalized spacial score (nSPS) is 10.7. The second kappa shape index (κ2) is 4.49. The number of ether oxygens (including phenoxy) is 1. The number of nitrogens with zero attached hydrogens (tertiary/aromatic N) is 1. The lowest BCUT2D eigenvalue weighted by atomic mass is 10.2. The van der Waals surface area contributed by atoms with E-state index in [1.54, 1.807) is 12.3 Å². The molecule has 3 rings (SSSR count). The van der Waals surface area contributed by atoms with E-state index in [4.69, 9.17) is 4.74 Å². The van der Waals surface area contributed by atoms with Crippen LogP contribution in [0.3, 0.4) is 0 Å². The van der Waals surface area contributed by atoms with Crippen LogP contribution >= 0.6 is 0 Å². The van der Waals surface area contributed by atoms with Crippen LogP contribution < -0.4 is 4.74 Å². The summed E-state index contributed by atoms with van der Waals surface area (Å²) in [6, 6.07) is 12.8. The fourth-order valence-electron chi connectivity index (χ4n) is 1.84. The topological polar surface area (TPSA) is 37.9 Å². The zero-order valence-corrected chi connectivity index (χ0v) is 9.56. The second-order valence-corrected chi connectivity index (χ2v) is 3.98. The molecule has 0 aliphatic heterocycles. The number of hydrogen-bond donors (Lipinski definition) is 1. The minimum Gasteiger partial charge on any atom is -0.488 e. The van der Waals surface area contributed by atoms with Crippen LogP contribution in [0.25, 0.3) is 10.9 Å². The predicted molar refractivity (Wildman–Crippen MR) is 66.8 cm³/mol. The van der Waals surface area contributed by atoms with Gasteiger partial charge in [-0.15, -0.1) is 0 Å². The maximum atomic E-state index is 13.4. The Morgan fingerprint density at radius 2 is 1.94 bits per heavy atom. The summed E-state index contributed by atoms with van der Waals surface area (Å²) in [7, 11) is 0. The van der Waals surface area contributed by atoms with Crippen molar-refractivity contribution in [2.45, 2.75) is 6.61 Å². The molecule has 0 aliphatic rings. The molecule has 4 heteroatoms. The SMILES string of the molecule is Fc1ccc(OCc2ccccc2)c2cn[nH]c12. The highest BCUT2D eigenvalue weighted by atomic mass is 19.1. The summed E-state index contributed by atoms with van der Waals surface area (Å²) >= 11 is 0. The molecule has 0 bridgehead atoms. The Balaban J connectivity index is 1.87. The molecule has 0 radical (unpaired) electrons. The summed E-state index contributed by atoms with van der Waals surface area (Å²) in [6.45, 7) is 0.451. The van der Waals surface area contributed by atoms with Crippen molar-refractivity contribution in [2.24, 2.45) is 0 Å². The molecule has 0 fully saturated rings. The Kier molecular flexibility index (Phi) is 2.68. The number of hydrogen-bond acceptors (Lipinski definition) is 2. The smallest absolute Gasteiger partial charge is 0.149 e. The van der Waals surface area contributed by atoms with Crippen molar-refractivity contribution in [2.75, 3.05) is 0 Å². The Labute approximate surface area is 103 Å². The lowest BCUT2D eigenvalue weighted by molar-refractivity contribution is 0.310. The van der Waals surface area contributed by atoms with Crippen LogP contribution in [0.5, 0.6) is 5.75 Å². The minimum atomic E-state index is -0.324. The molecule has 0 spiro atoms. The first-order valence-electron chi connectivity index (χ1n) is 5.63. The monoisotopic (exact) mass is 242 g/mol. The van der Waals surface area contributed by atoms with Crippen molar-refractivity contribution in [1.29, 1.82) is 0 Å². The zero-order chi connectivity index (χ0) is 12.4. The van der Waals surface area contributed by atoms with Crippen LogP contribution in [0.1, 0.15) is 5.56 Å². The number of rotatable bonds is 3. The Morgan fingerprint density at radius 3 is 2.78 bits per heavy atom. The van der Waals surface area contributed by atoms with Crippen LogP contribution in [0, 0.1) is 5.82 Å². The standard InChI is InChI=1S/C14H11FN2O/c15-12-6-7-13(11-8-16-17-14(11)12)18-9-10-4-2-1-3-5-10/h1-8H,9H2,(H,16,17). The van der Waals surface area contributed by atoms with E-state index in [0.29, 0.717) is 23.3 Å². The molecule has 0 atom stereocenters. The molecule has 90 valence electrons. The summed E-state index contributed by atoms with van der Waals surface area (Å²) in [6.07, 6.45) is 1.57. The van der Waals surface area contributed by atoms with Crippen LogP contribution in [0.4, 0.5) is 4.39 Å². The quantitative estimate of drug-likeness (QED) is 0.765. The van der Waals surface area contributed by atoms with E-state index in [2.05, 4.69) is 10.2 Å². The third-order valence-electron chi connectivity index (χ3n) is 2.76. The van der Waals surface area contributed by atoms with Gasteiger partial charge in [-0.05, 0) is 17.7 Å². The van der Waals surface area contributed by atoms with Crippen LogP contribution in [0.2, 0.25) is 0 Å². The zero-order valence-electron chi connectivity index (χ0n) is 9.56. The maximum absolute atomic E-state index is 13.4. The third-order valence-corrected chi connectivity index (χ3v) is 2.76. The summed E-state index contributed by atoms with van der Waals surface area (Å²) < 4.78 is 19.1. The lowest BCUT2D eigenvalue weighted by Gasteiger charge is -2.07. The number of H-pyrrole nitrogens is 1. The molecule has 3 aromatic rings. The van der Waals surface area contributed by atoms with Crippen molar-refractivity contribution < 1.29 is 9.13 Å². The number of halogens is 1. The van der Waals surface area contributed by atoms with Crippen molar-refractivity contribution in [3.05, 3.63) is 60.0 Å². The van der Waals surface area contributed by atoms with E-state index < -0.39 is 0 Å². The molecule has 0 amide bonds. The van der Waals surface area contributed by atoms with Gasteiger partial charge in [-0.2, -0.15) is 5.10 Å². The Hall–Kier alpha value is -2.36. The number of aromatic amines is 1. The number of fused-ring (bicyclic) bond motifs is 1. The van der Waals surface area contributed by atoms with E-state index >= 15 is 0 Å². The fourth-order valence-corrected chi connectivity index (χ4v) is 1.84. The average Bonchev–Trinajstić information content (AvgIpc) is 2.90. The number of nitrogens with one attached hydrogen (secondary N) is 1. The van der Waals surface area contributed by atoms with Gasteiger partial charge in [0.05, 0.1) is 11.6 Å². The Bertz CT molecular complexity index is 664. The molecule has 0 aliphatic carbocycles. The highest BCUT2D eigenvalue weighted by Crippen LogP contribution is 2.26. The van der Waals surface area contributed by atoms with E-state index in [1.807, 2.05) is 30.3 Å². The largest absolute Gasteiger partial charge is 0.488 e. The molecule has 1 aromatic heterocycles. The molecule has 18 heavy (non-hydrogen) atoms. The van der Waals surface area contributed by atoms with Gasteiger partial charge in [0.15, 0.2) is 0 Å². The van der Waals surface area contributed by atoms with Gasteiger partial charge in [-0.1, -0.05) is 30.3 Å². The predicted octanol–water partition coefficient (Wildman–Crippen LogP) is 3.28. The summed E-state index contributed by atoms with van der Waals surface area (Å²) in [5, 5.41) is 7.11. The molecule has 3 nitrogen and oxygen atoms in total. The Morgan fingerprint density at radius 1 is 1.11 bits per heavy atom. The van der Waals surface area contributed by atoms with Crippen molar-refractivity contribution in [3.63, 3.8) is 0 Å². The lowest BCUT2D eigenvalue weighted by Crippen LogP contribution is -1.95. The molecule has 1 heterocycles. The van der Waals surface area contributed by atoms with Gasteiger partial charge in [0.25, 0.3) is 0 Å². The van der Waals surface area contributed by atoms with Crippen molar-refractivity contribution in [1.82, 2.24) is 10.2 Å². The minimum absolute atomic E-state index is 0.324. The van der Waals surface area contributed by atoms with Crippen LogP contribution in [0.15, 0.2) is 48.7 Å². The summed E-state index contributed by atoms with van der Waals surface area (Å²) in [5.74, 6) is 0.304. The third kappa shape index (κ3) is 1.93. The van der Waals surface area contributed by atoms with E-state index in [9.17, 15) is 4.39 Å². The second-order valence-electron chi connectivity index (χ2n) is 3.98. The van der Waals surface area contributed by atoms with Gasteiger partial charge in [-0.3, -0.25) is 5.10 Å². The first-order valence-corrected chi connectivity index (χ1v) is 5.63. The van der Waals surface area contributed by atoms with Gasteiger partial charge in [-0.25, -0.2) is 4.39 Å². The van der Waals surface area contributed by atoms with E-state index in [1.165, 1.54) is 6.07 Å². The maximum Gasteiger partial charge on any atom is 0.149 e. The van der Waals surface area contributed by atoms with Crippen LogP contribution in [-0.2, 0) is 6.61 Å². The highest BCUT2D eigenvalue weighted by molar-refractivity contribution is 5.84. The van der Waals surface area contributed by atoms with Crippen molar-refractivity contribution >= 4 is 10.9 Å². The number of benzene rings is 2. The van der Waals surface area contributed by atoms with Gasteiger partial charge >= 0.3 is 0 Å². The summed E-state index contributed by atoms with van der Waals surface area (Å²) in [4.78, 5) is 0. The highest BCUT2D eigenvalue weighted by Gasteiger charge is 2.08. The first-order chi connectivity index (χ1) is 8.84. The molecule has 2 aromatic carbocycles. The van der Waals surface area contributed by atoms with Gasteiger partial charge in [0.1, 0.15) is 23.7 Å². The number of aromatic nitrogens is 2. The van der Waals surface area contributed by atoms with E-state index in [-0.39, 0.29) is 5.82 Å². The van der Waals surface area contributed by atoms with E-state index in [0.717, 1.165) is 5.56 Å². The molecule has 0 saturated carbocycles. The molecular weight excluding hydrogens is 231 g/mol. The molecular formula is C14H11FN2O. The summed E-state index contributed by atoms with van der Waals surface area (Å²) in [5.41, 5.74) is 1.44. The van der Waals surface area contributed by atoms with Gasteiger partial charge in [0, 0.05) is 0 Å². The van der Waals surface area contributed by atoms with Gasteiger partial charge in [0.2, 0.25) is 0 Å². The van der Waals surface area contributed by atoms with Crippen molar-refractivity contribution in [3.8, 4) is 5.75 Å². The van der Waals surface area contributed by atoms with Gasteiger partial charge < -0.3 is 4.74 Å². The molecule has 1 N–H and O–H groups in total. The molecule has 0 saturated heterocycles.